The third-order valence-corrected chi connectivity index (χ3v) is 5.63. The maximum absolute atomic E-state index is 10.5. The van der Waals surface area contributed by atoms with Crippen molar-refractivity contribution in [2.24, 2.45) is 0 Å². The molecule has 0 amide bonds. The molecule has 1 N–H and O–H groups in total. The van der Waals surface area contributed by atoms with Gasteiger partial charge in [0, 0.05) is 32.7 Å². The normalized spacial score (nSPS) is 17.3. The smallest absolute Gasteiger partial charge is 0.150 e. The quantitative estimate of drug-likeness (QED) is 0.916. The van der Waals surface area contributed by atoms with Crippen molar-refractivity contribution in [1.82, 2.24) is 14.9 Å². The van der Waals surface area contributed by atoms with Gasteiger partial charge in [0.2, 0.25) is 0 Å². The Hall–Kier alpha value is -1.24. The van der Waals surface area contributed by atoms with E-state index in [1.807, 2.05) is 6.07 Å². The second kappa shape index (κ2) is 6.48. The minimum atomic E-state index is -0.544. The van der Waals surface area contributed by atoms with Gasteiger partial charge >= 0.3 is 0 Å². The van der Waals surface area contributed by atoms with Crippen LogP contribution in [0.25, 0.3) is 10.2 Å². The van der Waals surface area contributed by atoms with E-state index in [0.717, 1.165) is 56.9 Å². The van der Waals surface area contributed by atoms with Gasteiger partial charge in [-0.2, -0.15) is 0 Å². The molecule has 120 valence electrons. The first kappa shape index (κ1) is 15.6. The van der Waals surface area contributed by atoms with Gasteiger partial charge in [0.25, 0.3) is 0 Å². The predicted octanol–water partition coefficient (Wildman–Crippen LogP) is 2.36. The van der Waals surface area contributed by atoms with Crippen LogP contribution in [0.4, 0.5) is 5.82 Å². The molecule has 3 heterocycles. The van der Waals surface area contributed by atoms with Gasteiger partial charge in [0.05, 0.1) is 15.8 Å². The molecule has 2 aromatic heterocycles. The van der Waals surface area contributed by atoms with Crippen molar-refractivity contribution in [2.75, 3.05) is 37.6 Å². The van der Waals surface area contributed by atoms with E-state index in [1.165, 1.54) is 4.70 Å². The molecule has 0 aliphatic carbocycles. The number of thiophene rings is 1. The van der Waals surface area contributed by atoms with Crippen LogP contribution in [-0.2, 0) is 0 Å². The van der Waals surface area contributed by atoms with Crippen LogP contribution in [0.5, 0.6) is 0 Å². The zero-order chi connectivity index (χ0) is 15.6. The lowest BCUT2D eigenvalue weighted by atomic mass is 9.96. The summed E-state index contributed by atoms with van der Waals surface area (Å²) in [4.78, 5) is 13.5. The lowest BCUT2D eigenvalue weighted by molar-refractivity contribution is -0.00457. The fourth-order valence-electron chi connectivity index (χ4n) is 3.01. The molecule has 0 atom stereocenters. The molecule has 22 heavy (non-hydrogen) atoms. The number of piperazine rings is 1. The summed E-state index contributed by atoms with van der Waals surface area (Å²) in [6.07, 6.45) is 3.28. The summed E-state index contributed by atoms with van der Waals surface area (Å²) in [7, 11) is 0. The highest BCUT2D eigenvalue weighted by Gasteiger charge is 2.28. The highest BCUT2D eigenvalue weighted by molar-refractivity contribution is 7.17. The summed E-state index contributed by atoms with van der Waals surface area (Å²) in [6, 6.07) is 2.05. The Morgan fingerprint density at radius 1 is 1.18 bits per heavy atom. The van der Waals surface area contributed by atoms with E-state index in [4.69, 9.17) is 0 Å². The highest BCUT2D eigenvalue weighted by atomic mass is 32.1. The summed E-state index contributed by atoms with van der Waals surface area (Å²) < 4.78 is 1.18. The second-order valence-corrected chi connectivity index (χ2v) is 6.94. The Labute approximate surface area is 135 Å². The molecule has 1 aliphatic heterocycles. The van der Waals surface area contributed by atoms with E-state index in [2.05, 4.69) is 39.0 Å². The summed E-state index contributed by atoms with van der Waals surface area (Å²) in [6.45, 7) is 8.74. The Kier molecular flexibility index (Phi) is 4.61. The van der Waals surface area contributed by atoms with Crippen molar-refractivity contribution in [3.05, 3.63) is 17.8 Å². The lowest BCUT2D eigenvalue weighted by Crippen LogP contribution is -2.52. The third-order valence-electron chi connectivity index (χ3n) is 4.73. The van der Waals surface area contributed by atoms with Crippen LogP contribution >= 0.6 is 11.3 Å². The second-order valence-electron chi connectivity index (χ2n) is 6.03. The minimum Gasteiger partial charge on any atom is -0.389 e. The Balaban J connectivity index is 1.66. The predicted molar refractivity (Wildman–Crippen MR) is 91.6 cm³/mol. The molecule has 2 aromatic rings. The molecule has 0 bridgehead atoms. The summed E-state index contributed by atoms with van der Waals surface area (Å²) in [5.74, 6) is 1.06. The van der Waals surface area contributed by atoms with Gasteiger partial charge in [-0.15, -0.1) is 11.3 Å². The molecule has 0 aromatic carbocycles. The number of aliphatic hydroxyl groups is 1. The monoisotopic (exact) mass is 320 g/mol. The molecular formula is C16H24N4OS. The first-order valence-electron chi connectivity index (χ1n) is 8.03. The molecule has 0 radical (unpaired) electrons. The zero-order valence-electron chi connectivity index (χ0n) is 13.3. The largest absolute Gasteiger partial charge is 0.389 e. The van der Waals surface area contributed by atoms with Crippen LogP contribution in [0.1, 0.15) is 26.7 Å². The zero-order valence-corrected chi connectivity index (χ0v) is 14.1. The highest BCUT2D eigenvalue weighted by Crippen LogP contribution is 2.28. The van der Waals surface area contributed by atoms with Crippen LogP contribution in [0.3, 0.4) is 0 Å². The summed E-state index contributed by atoms with van der Waals surface area (Å²) in [5, 5.41) is 12.6. The van der Waals surface area contributed by atoms with Crippen molar-refractivity contribution >= 4 is 27.4 Å². The number of fused-ring (bicyclic) bond motifs is 1. The van der Waals surface area contributed by atoms with E-state index in [9.17, 15) is 5.11 Å². The van der Waals surface area contributed by atoms with E-state index < -0.39 is 5.60 Å². The van der Waals surface area contributed by atoms with Gasteiger partial charge in [-0.05, 0) is 24.3 Å². The van der Waals surface area contributed by atoms with Crippen LogP contribution in [0.15, 0.2) is 17.8 Å². The Morgan fingerprint density at radius 3 is 2.59 bits per heavy atom. The van der Waals surface area contributed by atoms with E-state index in [-0.39, 0.29) is 0 Å². The van der Waals surface area contributed by atoms with Gasteiger partial charge in [-0.25, -0.2) is 9.97 Å². The summed E-state index contributed by atoms with van der Waals surface area (Å²) in [5.41, 5.74) is 0.488. The van der Waals surface area contributed by atoms with Crippen LogP contribution in [-0.4, -0.2) is 58.3 Å². The fraction of sp³-hybridized carbons (Fsp3) is 0.625. The molecule has 1 fully saturated rings. The number of anilines is 1. The van der Waals surface area contributed by atoms with Crippen LogP contribution < -0.4 is 4.90 Å². The van der Waals surface area contributed by atoms with Gasteiger partial charge in [0.1, 0.15) is 12.1 Å². The van der Waals surface area contributed by atoms with Crippen LogP contribution in [0.2, 0.25) is 0 Å². The molecule has 0 saturated carbocycles. The molecule has 1 saturated heterocycles. The van der Waals surface area contributed by atoms with Crippen molar-refractivity contribution in [3.8, 4) is 0 Å². The fourth-order valence-corrected chi connectivity index (χ4v) is 3.87. The SMILES string of the molecule is CCC(O)(CC)CN1CCN(c2ncnc3ccsc23)CC1. The van der Waals surface area contributed by atoms with Crippen molar-refractivity contribution in [3.63, 3.8) is 0 Å². The van der Waals surface area contributed by atoms with Crippen molar-refractivity contribution in [1.29, 1.82) is 0 Å². The molecule has 1 aliphatic rings. The number of β-amino-alcohol motifs (C(OH)–C–C–N with tert-alkyl or cyclic N) is 1. The topological polar surface area (TPSA) is 52.5 Å². The molecule has 0 spiro atoms. The third kappa shape index (κ3) is 3.09. The van der Waals surface area contributed by atoms with E-state index in [0.29, 0.717) is 0 Å². The van der Waals surface area contributed by atoms with E-state index in [1.54, 1.807) is 17.7 Å². The van der Waals surface area contributed by atoms with E-state index >= 15 is 0 Å². The molecule has 5 nitrogen and oxygen atoms in total. The molecule has 3 rings (SSSR count). The average Bonchev–Trinajstić information content (AvgIpc) is 3.04. The lowest BCUT2D eigenvalue weighted by Gasteiger charge is -2.39. The molecule has 0 unspecified atom stereocenters. The number of rotatable bonds is 5. The van der Waals surface area contributed by atoms with Crippen molar-refractivity contribution in [2.45, 2.75) is 32.3 Å². The van der Waals surface area contributed by atoms with Crippen molar-refractivity contribution < 1.29 is 5.11 Å². The first-order valence-corrected chi connectivity index (χ1v) is 8.91. The molecular weight excluding hydrogens is 296 g/mol. The molecule has 6 heteroatoms. The number of aromatic nitrogens is 2. The summed E-state index contributed by atoms with van der Waals surface area (Å²) >= 11 is 1.71. The van der Waals surface area contributed by atoms with Gasteiger partial charge < -0.3 is 10.0 Å². The number of hydrogen-bond acceptors (Lipinski definition) is 6. The minimum absolute atomic E-state index is 0.544. The Bertz CT molecular complexity index is 617. The number of nitrogens with zero attached hydrogens (tertiary/aromatic N) is 4. The van der Waals surface area contributed by atoms with Crippen LogP contribution in [0, 0.1) is 0 Å². The Morgan fingerprint density at radius 2 is 1.91 bits per heavy atom. The number of hydrogen-bond donors (Lipinski definition) is 1. The van der Waals surface area contributed by atoms with Gasteiger partial charge in [-0.1, -0.05) is 13.8 Å². The maximum Gasteiger partial charge on any atom is 0.150 e. The standard InChI is InChI=1S/C16H24N4OS/c1-3-16(21,4-2)11-19-6-8-20(9-7-19)15-14-13(5-10-22-14)17-12-18-15/h5,10,12,21H,3-4,6-9,11H2,1-2H3. The van der Waals surface area contributed by atoms with Gasteiger partial charge in [-0.3, -0.25) is 4.90 Å². The first-order chi connectivity index (χ1) is 10.6. The maximum atomic E-state index is 10.5. The van der Waals surface area contributed by atoms with Gasteiger partial charge in [0.15, 0.2) is 0 Å². The average molecular weight is 320 g/mol.